The summed E-state index contributed by atoms with van der Waals surface area (Å²) in [5.41, 5.74) is 0.676. The van der Waals surface area contributed by atoms with Crippen LogP contribution in [0.5, 0.6) is 0 Å². The molecule has 0 saturated carbocycles. The van der Waals surface area contributed by atoms with Crippen LogP contribution >= 0.6 is 11.6 Å². The van der Waals surface area contributed by atoms with Gasteiger partial charge in [0.25, 0.3) is 0 Å². The third-order valence-electron chi connectivity index (χ3n) is 3.44. The molecule has 1 aromatic heterocycles. The number of nitriles is 1. The summed E-state index contributed by atoms with van der Waals surface area (Å²) >= 11 is 6.09. The fourth-order valence-electron chi connectivity index (χ4n) is 2.18. The first kappa shape index (κ1) is 20.3. The van der Waals surface area contributed by atoms with Crippen LogP contribution in [-0.2, 0) is 14.3 Å². The average Bonchev–Trinajstić information content (AvgIpc) is 3.13. The number of esters is 2. The van der Waals surface area contributed by atoms with Gasteiger partial charge in [0.1, 0.15) is 23.2 Å². The summed E-state index contributed by atoms with van der Waals surface area (Å²) in [5.74, 6) is -0.474. The fraction of sp³-hybridized carbons (Fsp3) is 0.250. The zero-order valence-electron chi connectivity index (χ0n) is 15.0. The number of furan rings is 1. The number of nitrogens with zero attached hydrogens (tertiary/aromatic N) is 1. The highest BCUT2D eigenvalue weighted by atomic mass is 35.5. The summed E-state index contributed by atoms with van der Waals surface area (Å²) in [7, 11) is 0. The maximum atomic E-state index is 12.1. The molecule has 0 fully saturated rings. The van der Waals surface area contributed by atoms with Crippen molar-refractivity contribution in [1.29, 1.82) is 5.26 Å². The monoisotopic (exact) mass is 387 g/mol. The maximum Gasteiger partial charge on any atom is 0.349 e. The lowest BCUT2D eigenvalue weighted by molar-refractivity contribution is -0.137. The zero-order valence-corrected chi connectivity index (χ0v) is 15.7. The summed E-state index contributed by atoms with van der Waals surface area (Å²) < 4.78 is 15.6. The van der Waals surface area contributed by atoms with Gasteiger partial charge < -0.3 is 13.9 Å². The standard InChI is InChI=1S/C20H18ClNO5/c1-3-9-26-20(24)16-11-13(5-7-17(16)21)18-8-6-15(27-18)10-14(12-22)19(23)25-4-2/h5-8,10-11H,3-4,9H2,1-2H3/b14-10-. The first-order valence-corrected chi connectivity index (χ1v) is 8.73. The van der Waals surface area contributed by atoms with Crippen molar-refractivity contribution in [2.45, 2.75) is 20.3 Å². The molecule has 0 saturated heterocycles. The van der Waals surface area contributed by atoms with Crippen LogP contribution in [0.3, 0.4) is 0 Å². The fourth-order valence-corrected chi connectivity index (χ4v) is 2.38. The molecule has 0 bridgehead atoms. The van der Waals surface area contributed by atoms with E-state index in [-0.39, 0.29) is 22.8 Å². The lowest BCUT2D eigenvalue weighted by Gasteiger charge is -2.06. The van der Waals surface area contributed by atoms with Crippen LogP contribution in [0.4, 0.5) is 0 Å². The molecule has 0 unspecified atom stereocenters. The van der Waals surface area contributed by atoms with E-state index in [0.717, 1.165) is 0 Å². The van der Waals surface area contributed by atoms with Gasteiger partial charge in [-0.1, -0.05) is 18.5 Å². The second kappa shape index (κ2) is 9.60. The van der Waals surface area contributed by atoms with Gasteiger partial charge in [-0.25, -0.2) is 9.59 Å². The number of rotatable bonds is 7. The van der Waals surface area contributed by atoms with Crippen molar-refractivity contribution in [3.05, 3.63) is 52.3 Å². The quantitative estimate of drug-likeness (QED) is 0.390. The minimum atomic E-state index is -0.717. The Bertz CT molecular complexity index is 907. The van der Waals surface area contributed by atoms with Crippen LogP contribution < -0.4 is 0 Å². The Kier molecular flexibility index (Phi) is 7.21. The largest absolute Gasteiger partial charge is 0.462 e. The summed E-state index contributed by atoms with van der Waals surface area (Å²) in [5, 5.41) is 9.36. The van der Waals surface area contributed by atoms with Crippen molar-refractivity contribution < 1.29 is 23.5 Å². The van der Waals surface area contributed by atoms with Crippen molar-refractivity contribution in [3.63, 3.8) is 0 Å². The second-order valence-corrected chi connectivity index (χ2v) is 5.83. The summed E-state index contributed by atoms with van der Waals surface area (Å²) in [6.45, 7) is 4.03. The number of benzene rings is 1. The van der Waals surface area contributed by atoms with Gasteiger partial charge >= 0.3 is 11.9 Å². The van der Waals surface area contributed by atoms with Gasteiger partial charge in [-0.05, 0) is 43.7 Å². The van der Waals surface area contributed by atoms with Crippen LogP contribution in [-0.4, -0.2) is 25.2 Å². The zero-order chi connectivity index (χ0) is 19.8. The topological polar surface area (TPSA) is 89.5 Å². The predicted molar refractivity (Wildman–Crippen MR) is 100.0 cm³/mol. The van der Waals surface area contributed by atoms with E-state index in [1.807, 2.05) is 6.92 Å². The first-order valence-electron chi connectivity index (χ1n) is 8.35. The number of hydrogen-bond donors (Lipinski definition) is 0. The number of halogens is 1. The molecule has 7 heteroatoms. The molecule has 6 nitrogen and oxygen atoms in total. The highest BCUT2D eigenvalue weighted by molar-refractivity contribution is 6.33. The molecule has 1 heterocycles. The van der Waals surface area contributed by atoms with Crippen molar-refractivity contribution in [2.75, 3.05) is 13.2 Å². The SMILES string of the molecule is CCCOC(=O)c1cc(-c2ccc(/C=C(/C#N)C(=O)OCC)o2)ccc1Cl. The van der Waals surface area contributed by atoms with Gasteiger partial charge in [0, 0.05) is 11.6 Å². The Labute approximate surface area is 161 Å². The van der Waals surface area contributed by atoms with Crippen LogP contribution in [0.2, 0.25) is 5.02 Å². The van der Waals surface area contributed by atoms with Gasteiger partial charge in [-0.2, -0.15) is 5.26 Å². The van der Waals surface area contributed by atoms with E-state index >= 15 is 0 Å². The third-order valence-corrected chi connectivity index (χ3v) is 3.77. The van der Waals surface area contributed by atoms with Crippen molar-refractivity contribution in [3.8, 4) is 17.4 Å². The number of ether oxygens (including phenoxy) is 2. The van der Waals surface area contributed by atoms with E-state index in [9.17, 15) is 9.59 Å². The Balaban J connectivity index is 2.29. The van der Waals surface area contributed by atoms with Crippen LogP contribution in [0.1, 0.15) is 36.4 Å². The Morgan fingerprint density at radius 2 is 2.00 bits per heavy atom. The van der Waals surface area contributed by atoms with E-state index in [1.54, 1.807) is 43.3 Å². The third kappa shape index (κ3) is 5.22. The lowest BCUT2D eigenvalue weighted by Crippen LogP contribution is -2.06. The van der Waals surface area contributed by atoms with Crippen molar-refractivity contribution in [1.82, 2.24) is 0 Å². The van der Waals surface area contributed by atoms with Crippen LogP contribution in [0.15, 0.2) is 40.3 Å². The number of carbonyl (C=O) groups excluding carboxylic acids is 2. The first-order chi connectivity index (χ1) is 13.0. The predicted octanol–water partition coefficient (Wildman–Crippen LogP) is 4.64. The van der Waals surface area contributed by atoms with Gasteiger partial charge in [0.05, 0.1) is 23.8 Å². The minimum Gasteiger partial charge on any atom is -0.462 e. The maximum absolute atomic E-state index is 12.1. The van der Waals surface area contributed by atoms with Crippen molar-refractivity contribution in [2.24, 2.45) is 0 Å². The molecule has 0 amide bonds. The molecule has 0 aliphatic carbocycles. The Morgan fingerprint density at radius 3 is 2.67 bits per heavy atom. The molecule has 1 aromatic carbocycles. The van der Waals surface area contributed by atoms with Gasteiger partial charge in [-0.15, -0.1) is 0 Å². The number of hydrogen-bond acceptors (Lipinski definition) is 6. The molecular weight excluding hydrogens is 370 g/mol. The van der Waals surface area contributed by atoms with Crippen LogP contribution in [0.25, 0.3) is 17.4 Å². The molecule has 2 aromatic rings. The van der Waals surface area contributed by atoms with Gasteiger partial charge in [0.15, 0.2) is 0 Å². The second-order valence-electron chi connectivity index (χ2n) is 5.42. The van der Waals surface area contributed by atoms with E-state index in [2.05, 4.69) is 0 Å². The van der Waals surface area contributed by atoms with E-state index in [4.69, 9.17) is 30.8 Å². The van der Waals surface area contributed by atoms with E-state index in [0.29, 0.717) is 30.1 Å². The molecule has 0 radical (unpaired) electrons. The highest BCUT2D eigenvalue weighted by Gasteiger charge is 2.15. The summed E-state index contributed by atoms with van der Waals surface area (Å²) in [6, 6.07) is 9.90. The van der Waals surface area contributed by atoms with E-state index in [1.165, 1.54) is 6.08 Å². The number of carbonyl (C=O) groups is 2. The van der Waals surface area contributed by atoms with Crippen molar-refractivity contribution >= 4 is 29.6 Å². The molecule has 0 aliphatic heterocycles. The molecule has 0 spiro atoms. The normalized spacial score (nSPS) is 11.0. The molecule has 0 aliphatic rings. The summed E-state index contributed by atoms with van der Waals surface area (Å²) in [6.07, 6.45) is 2.01. The van der Waals surface area contributed by atoms with Gasteiger partial charge in [-0.3, -0.25) is 0 Å². The molecule has 0 N–H and O–H groups in total. The highest BCUT2D eigenvalue weighted by Crippen LogP contribution is 2.28. The lowest BCUT2D eigenvalue weighted by atomic mass is 10.1. The van der Waals surface area contributed by atoms with E-state index < -0.39 is 11.9 Å². The van der Waals surface area contributed by atoms with Gasteiger partial charge in [0.2, 0.25) is 0 Å². The minimum absolute atomic E-state index is 0.169. The molecule has 0 atom stereocenters. The molecule has 140 valence electrons. The smallest absolute Gasteiger partial charge is 0.349 e. The van der Waals surface area contributed by atoms with Crippen LogP contribution in [0, 0.1) is 11.3 Å². The summed E-state index contributed by atoms with van der Waals surface area (Å²) in [4.78, 5) is 23.8. The molecule has 27 heavy (non-hydrogen) atoms. The Hall–Kier alpha value is -3.04. The molecular formula is C20H18ClNO5. The Morgan fingerprint density at radius 1 is 1.22 bits per heavy atom. The average molecular weight is 388 g/mol. The molecule has 2 rings (SSSR count).